The van der Waals surface area contributed by atoms with Gasteiger partial charge in [0.15, 0.2) is 0 Å². The Hall–Kier alpha value is -1.63. The van der Waals surface area contributed by atoms with E-state index < -0.39 is 0 Å². The fourth-order valence-electron chi connectivity index (χ4n) is 2.33. The van der Waals surface area contributed by atoms with Crippen molar-refractivity contribution in [3.63, 3.8) is 0 Å². The summed E-state index contributed by atoms with van der Waals surface area (Å²) in [6, 6.07) is 15.0. The first-order valence-electron chi connectivity index (χ1n) is 6.63. The van der Waals surface area contributed by atoms with Crippen LogP contribution in [0.5, 0.6) is 0 Å². The molecule has 0 bridgehead atoms. The van der Waals surface area contributed by atoms with E-state index in [1.54, 1.807) is 0 Å². The number of hydrogen-bond donors (Lipinski definition) is 0. The first-order valence-corrected chi connectivity index (χ1v) is 6.63. The zero-order chi connectivity index (χ0) is 12.8. The summed E-state index contributed by atoms with van der Waals surface area (Å²) in [6.45, 7) is 4.63. The van der Waals surface area contributed by atoms with Crippen LogP contribution in [0.3, 0.4) is 0 Å². The van der Waals surface area contributed by atoms with Crippen LogP contribution < -0.4 is 0 Å². The topological polar surface area (TPSA) is 12.9 Å². The minimum Gasteiger partial charge on any atom is -0.265 e. The first-order chi connectivity index (χ1) is 8.68. The molecule has 1 heteroatoms. The van der Waals surface area contributed by atoms with Crippen LogP contribution in [0.25, 0.3) is 0 Å². The highest BCUT2D eigenvalue weighted by molar-refractivity contribution is 5.20. The normalized spacial score (nSPS) is 11.4. The monoisotopic (exact) mass is 239 g/mol. The molecule has 0 fully saturated rings. The molecular formula is C17H21N. The lowest BCUT2D eigenvalue weighted by Crippen LogP contribution is -2.17. The van der Waals surface area contributed by atoms with Crippen molar-refractivity contribution in [2.24, 2.45) is 0 Å². The maximum atomic E-state index is 4.09. The van der Waals surface area contributed by atoms with Crippen molar-refractivity contribution in [3.05, 3.63) is 66.0 Å². The van der Waals surface area contributed by atoms with Crippen LogP contribution in [0.1, 0.15) is 37.8 Å². The summed E-state index contributed by atoms with van der Waals surface area (Å²) in [5.74, 6) is 0. The van der Waals surface area contributed by atoms with E-state index in [2.05, 4.69) is 61.3 Å². The van der Waals surface area contributed by atoms with Gasteiger partial charge in [-0.1, -0.05) is 44.2 Å². The van der Waals surface area contributed by atoms with Gasteiger partial charge in [-0.25, -0.2) is 0 Å². The lowest BCUT2D eigenvalue weighted by Gasteiger charge is -2.25. The van der Waals surface area contributed by atoms with Crippen LogP contribution in [0.4, 0.5) is 0 Å². The van der Waals surface area contributed by atoms with E-state index in [-0.39, 0.29) is 5.41 Å². The third-order valence-electron chi connectivity index (χ3n) is 3.57. The van der Waals surface area contributed by atoms with E-state index in [1.165, 1.54) is 24.0 Å². The SMILES string of the molecule is CC(C)(CCCc1ccccc1)c1ccncc1. The van der Waals surface area contributed by atoms with Gasteiger partial charge in [-0.2, -0.15) is 0 Å². The zero-order valence-corrected chi connectivity index (χ0v) is 11.3. The van der Waals surface area contributed by atoms with Crippen molar-refractivity contribution in [2.45, 2.75) is 38.5 Å². The predicted octanol–water partition coefficient (Wildman–Crippen LogP) is 4.38. The first kappa shape index (κ1) is 12.8. The summed E-state index contributed by atoms with van der Waals surface area (Å²) in [5.41, 5.74) is 3.05. The molecule has 0 saturated carbocycles. The van der Waals surface area contributed by atoms with Crippen LogP contribution in [0.15, 0.2) is 54.9 Å². The molecule has 1 heterocycles. The summed E-state index contributed by atoms with van der Waals surface area (Å²) in [4.78, 5) is 4.09. The molecule has 0 saturated heterocycles. The average Bonchev–Trinajstić information content (AvgIpc) is 2.41. The Kier molecular flexibility index (Phi) is 4.14. The molecule has 0 spiro atoms. The summed E-state index contributed by atoms with van der Waals surface area (Å²) in [5, 5.41) is 0. The van der Waals surface area contributed by atoms with Crippen LogP contribution in [0, 0.1) is 0 Å². The molecule has 0 atom stereocenters. The van der Waals surface area contributed by atoms with Gasteiger partial charge < -0.3 is 0 Å². The minimum atomic E-state index is 0.234. The summed E-state index contributed by atoms with van der Waals surface area (Å²) >= 11 is 0. The van der Waals surface area contributed by atoms with Crippen LogP contribution in [-0.4, -0.2) is 4.98 Å². The van der Waals surface area contributed by atoms with Crippen LogP contribution in [0.2, 0.25) is 0 Å². The lowest BCUT2D eigenvalue weighted by molar-refractivity contribution is 0.461. The average molecular weight is 239 g/mol. The highest BCUT2D eigenvalue weighted by Crippen LogP contribution is 2.28. The van der Waals surface area contributed by atoms with Gasteiger partial charge in [0.1, 0.15) is 0 Å². The number of aromatic nitrogens is 1. The number of nitrogens with zero attached hydrogens (tertiary/aromatic N) is 1. The Labute approximate surface area is 110 Å². The zero-order valence-electron chi connectivity index (χ0n) is 11.3. The standard InChI is InChI=1S/C17H21N/c1-17(2,16-10-13-18-14-11-16)12-6-9-15-7-4-3-5-8-15/h3-5,7-8,10-11,13-14H,6,9,12H2,1-2H3. The maximum Gasteiger partial charge on any atom is 0.0270 e. The van der Waals surface area contributed by atoms with E-state index in [0.717, 1.165) is 6.42 Å². The molecule has 0 unspecified atom stereocenters. The van der Waals surface area contributed by atoms with Gasteiger partial charge in [0.25, 0.3) is 0 Å². The van der Waals surface area contributed by atoms with Gasteiger partial charge >= 0.3 is 0 Å². The van der Waals surface area contributed by atoms with E-state index in [1.807, 2.05) is 12.4 Å². The number of pyridine rings is 1. The smallest absolute Gasteiger partial charge is 0.0270 e. The third-order valence-corrected chi connectivity index (χ3v) is 3.57. The van der Waals surface area contributed by atoms with Gasteiger partial charge in [0.2, 0.25) is 0 Å². The van der Waals surface area contributed by atoms with Gasteiger partial charge in [0.05, 0.1) is 0 Å². The second kappa shape index (κ2) is 5.81. The molecule has 2 rings (SSSR count). The van der Waals surface area contributed by atoms with Gasteiger partial charge in [-0.15, -0.1) is 0 Å². The molecule has 18 heavy (non-hydrogen) atoms. The molecule has 1 nitrogen and oxygen atoms in total. The molecule has 0 aliphatic rings. The Morgan fingerprint density at radius 3 is 2.28 bits per heavy atom. The highest BCUT2D eigenvalue weighted by atomic mass is 14.6. The van der Waals surface area contributed by atoms with Crippen molar-refractivity contribution in [3.8, 4) is 0 Å². The van der Waals surface area contributed by atoms with Crippen LogP contribution in [-0.2, 0) is 11.8 Å². The molecule has 1 aromatic heterocycles. The van der Waals surface area contributed by atoms with Crippen molar-refractivity contribution >= 4 is 0 Å². The second-order valence-electron chi connectivity index (χ2n) is 5.46. The molecule has 0 amide bonds. The fraction of sp³-hybridized carbons (Fsp3) is 0.353. The molecule has 0 radical (unpaired) electrons. The Morgan fingerprint density at radius 1 is 0.944 bits per heavy atom. The predicted molar refractivity (Wildman–Crippen MR) is 76.6 cm³/mol. The van der Waals surface area contributed by atoms with Crippen molar-refractivity contribution < 1.29 is 0 Å². The molecule has 0 aliphatic carbocycles. The Bertz CT molecular complexity index is 459. The Morgan fingerprint density at radius 2 is 1.61 bits per heavy atom. The van der Waals surface area contributed by atoms with Gasteiger partial charge in [0, 0.05) is 12.4 Å². The number of rotatable bonds is 5. The maximum absolute atomic E-state index is 4.09. The molecule has 1 aromatic carbocycles. The van der Waals surface area contributed by atoms with Crippen LogP contribution >= 0.6 is 0 Å². The highest BCUT2D eigenvalue weighted by Gasteiger charge is 2.19. The minimum absolute atomic E-state index is 0.234. The third kappa shape index (κ3) is 3.43. The summed E-state index contributed by atoms with van der Waals surface area (Å²) in [7, 11) is 0. The van der Waals surface area contributed by atoms with E-state index >= 15 is 0 Å². The molecular weight excluding hydrogens is 218 g/mol. The summed E-state index contributed by atoms with van der Waals surface area (Å²) in [6.07, 6.45) is 7.35. The Balaban J connectivity index is 1.90. The van der Waals surface area contributed by atoms with E-state index in [0.29, 0.717) is 0 Å². The fourth-order valence-corrected chi connectivity index (χ4v) is 2.33. The van der Waals surface area contributed by atoms with Crippen molar-refractivity contribution in [2.75, 3.05) is 0 Å². The largest absolute Gasteiger partial charge is 0.265 e. The lowest BCUT2D eigenvalue weighted by atomic mass is 9.80. The number of benzene rings is 1. The van der Waals surface area contributed by atoms with E-state index in [4.69, 9.17) is 0 Å². The quantitative estimate of drug-likeness (QED) is 0.754. The summed E-state index contributed by atoms with van der Waals surface area (Å²) < 4.78 is 0. The van der Waals surface area contributed by atoms with E-state index in [9.17, 15) is 0 Å². The second-order valence-corrected chi connectivity index (χ2v) is 5.46. The molecule has 94 valence electrons. The molecule has 0 aliphatic heterocycles. The molecule has 0 N–H and O–H groups in total. The van der Waals surface area contributed by atoms with Crippen molar-refractivity contribution in [1.29, 1.82) is 0 Å². The molecule has 2 aromatic rings. The van der Waals surface area contributed by atoms with Crippen molar-refractivity contribution in [1.82, 2.24) is 4.98 Å². The number of hydrogen-bond acceptors (Lipinski definition) is 1. The van der Waals surface area contributed by atoms with Gasteiger partial charge in [-0.3, -0.25) is 4.98 Å². The number of aryl methyl sites for hydroxylation is 1. The van der Waals surface area contributed by atoms with Gasteiger partial charge in [-0.05, 0) is 47.9 Å².